The van der Waals surface area contributed by atoms with Gasteiger partial charge in [-0.25, -0.2) is 9.37 Å². The molecule has 6 heteroatoms. The molecule has 2 heterocycles. The van der Waals surface area contributed by atoms with Crippen LogP contribution in [0, 0.1) is 5.82 Å². The van der Waals surface area contributed by atoms with E-state index in [1.807, 2.05) is 18.2 Å². The quantitative estimate of drug-likeness (QED) is 0.684. The van der Waals surface area contributed by atoms with Crippen LogP contribution in [-0.4, -0.2) is 42.0 Å². The summed E-state index contributed by atoms with van der Waals surface area (Å²) in [6.45, 7) is 2.64. The number of carbonyl (C=O) groups excluding carboxylic acids is 1. The first-order chi connectivity index (χ1) is 13.7. The van der Waals surface area contributed by atoms with Crippen LogP contribution in [0.15, 0.2) is 48.5 Å². The molecular formula is C22H24FN3OS. The number of halogens is 1. The molecule has 0 radical (unpaired) electrons. The van der Waals surface area contributed by atoms with Crippen molar-refractivity contribution in [1.82, 2.24) is 15.2 Å². The first-order valence-corrected chi connectivity index (χ1v) is 10.6. The van der Waals surface area contributed by atoms with Crippen LogP contribution in [0.25, 0.3) is 10.2 Å². The number of benzene rings is 2. The molecule has 1 N–H and O–H groups in total. The third-order valence-corrected chi connectivity index (χ3v) is 6.41. The van der Waals surface area contributed by atoms with E-state index in [9.17, 15) is 9.18 Å². The van der Waals surface area contributed by atoms with Crippen LogP contribution in [0.1, 0.15) is 29.3 Å². The Morgan fingerprint density at radius 1 is 1.21 bits per heavy atom. The lowest BCUT2D eigenvalue weighted by atomic mass is 9.99. The number of amides is 1. The molecular weight excluding hydrogens is 373 g/mol. The highest BCUT2D eigenvalue weighted by Crippen LogP contribution is 2.32. The van der Waals surface area contributed by atoms with Gasteiger partial charge in [-0.15, -0.1) is 11.3 Å². The Kier molecular flexibility index (Phi) is 5.98. The maximum Gasteiger partial charge on any atom is 0.234 e. The number of thiazole rings is 1. The van der Waals surface area contributed by atoms with E-state index < -0.39 is 0 Å². The summed E-state index contributed by atoms with van der Waals surface area (Å²) in [6, 6.07) is 14.9. The Morgan fingerprint density at radius 2 is 2.04 bits per heavy atom. The maximum absolute atomic E-state index is 13.6. The molecule has 28 heavy (non-hydrogen) atoms. The second kappa shape index (κ2) is 8.80. The number of aromatic nitrogens is 1. The molecule has 0 bridgehead atoms. The third kappa shape index (κ3) is 4.56. The first-order valence-electron chi connectivity index (χ1n) is 9.77. The summed E-state index contributed by atoms with van der Waals surface area (Å²) >= 11 is 1.76. The molecule has 4 rings (SSSR count). The molecule has 1 aliphatic heterocycles. The number of para-hydroxylation sites is 1. The van der Waals surface area contributed by atoms with E-state index >= 15 is 0 Å². The lowest BCUT2D eigenvalue weighted by Gasteiger charge is -2.31. The fraction of sp³-hybridized carbons (Fsp3) is 0.364. The van der Waals surface area contributed by atoms with Crippen molar-refractivity contribution in [2.45, 2.75) is 25.2 Å². The average molecular weight is 398 g/mol. The number of nitrogens with one attached hydrogen (secondary N) is 1. The number of fused-ring (bicyclic) bond motifs is 1. The Labute approximate surface area is 168 Å². The zero-order valence-corrected chi connectivity index (χ0v) is 16.6. The lowest BCUT2D eigenvalue weighted by Crippen LogP contribution is -2.42. The molecule has 0 unspecified atom stereocenters. The van der Waals surface area contributed by atoms with Gasteiger partial charge in [0, 0.05) is 19.0 Å². The highest BCUT2D eigenvalue weighted by molar-refractivity contribution is 7.18. The van der Waals surface area contributed by atoms with E-state index in [0.717, 1.165) is 31.4 Å². The molecule has 0 saturated carbocycles. The Bertz CT molecular complexity index is 925. The molecule has 1 aliphatic rings. The number of hydrogen-bond acceptors (Lipinski definition) is 4. The van der Waals surface area contributed by atoms with Gasteiger partial charge in [-0.05, 0) is 49.6 Å². The van der Waals surface area contributed by atoms with Crippen molar-refractivity contribution in [2.24, 2.45) is 0 Å². The van der Waals surface area contributed by atoms with Gasteiger partial charge in [0.25, 0.3) is 0 Å². The van der Waals surface area contributed by atoms with Crippen molar-refractivity contribution >= 4 is 27.5 Å². The molecule has 1 saturated heterocycles. The molecule has 1 atom stereocenters. The molecule has 146 valence electrons. The predicted octanol–water partition coefficient (Wildman–Crippen LogP) is 3.97. The number of carbonyl (C=O) groups is 1. The van der Waals surface area contributed by atoms with Crippen molar-refractivity contribution in [2.75, 3.05) is 26.2 Å². The summed E-state index contributed by atoms with van der Waals surface area (Å²) in [5, 5.41) is 4.09. The Hall–Kier alpha value is -2.31. The summed E-state index contributed by atoms with van der Waals surface area (Å²) in [7, 11) is 0. The maximum atomic E-state index is 13.6. The van der Waals surface area contributed by atoms with E-state index in [4.69, 9.17) is 4.98 Å². The zero-order chi connectivity index (χ0) is 19.3. The van der Waals surface area contributed by atoms with Gasteiger partial charge in [-0.2, -0.15) is 0 Å². The van der Waals surface area contributed by atoms with Crippen molar-refractivity contribution in [3.63, 3.8) is 0 Å². The van der Waals surface area contributed by atoms with E-state index in [-0.39, 0.29) is 11.7 Å². The predicted molar refractivity (Wildman–Crippen MR) is 111 cm³/mol. The van der Waals surface area contributed by atoms with Gasteiger partial charge in [0.05, 0.1) is 21.8 Å². The number of likely N-dealkylation sites (tertiary alicyclic amines) is 1. The van der Waals surface area contributed by atoms with Crippen LogP contribution in [0.5, 0.6) is 0 Å². The van der Waals surface area contributed by atoms with Gasteiger partial charge >= 0.3 is 0 Å². The van der Waals surface area contributed by atoms with Crippen molar-refractivity contribution in [3.05, 3.63) is 64.9 Å². The minimum atomic E-state index is -0.216. The molecule has 1 amide bonds. The second-order valence-electron chi connectivity index (χ2n) is 7.29. The molecule has 1 fully saturated rings. The monoisotopic (exact) mass is 397 g/mol. The largest absolute Gasteiger partial charge is 0.355 e. The van der Waals surface area contributed by atoms with Crippen LogP contribution in [0.4, 0.5) is 4.39 Å². The summed E-state index contributed by atoms with van der Waals surface area (Å²) in [6.07, 6.45) is 2.70. The van der Waals surface area contributed by atoms with Gasteiger partial charge in [-0.3, -0.25) is 9.69 Å². The van der Waals surface area contributed by atoms with Gasteiger partial charge in [0.1, 0.15) is 5.82 Å². The van der Waals surface area contributed by atoms with Gasteiger partial charge < -0.3 is 5.32 Å². The van der Waals surface area contributed by atoms with Gasteiger partial charge in [0.15, 0.2) is 0 Å². The summed E-state index contributed by atoms with van der Waals surface area (Å²) in [5.41, 5.74) is 1.70. The topological polar surface area (TPSA) is 45.2 Å². The number of rotatable bonds is 6. The highest BCUT2D eigenvalue weighted by Gasteiger charge is 2.25. The normalized spacial score (nSPS) is 17.7. The molecule has 2 aromatic carbocycles. The standard InChI is InChI=1S/C22H24FN3OS/c23-18-8-2-1-6-16(18)11-12-24-21(27)15-26-13-5-7-17(14-26)22-25-19-9-3-4-10-20(19)28-22/h1-4,6,8-10,17H,5,7,11-15H2,(H,24,27)/t17-/m0/s1. The van der Waals surface area contributed by atoms with Gasteiger partial charge in [0.2, 0.25) is 5.91 Å². The van der Waals surface area contributed by atoms with E-state index in [2.05, 4.69) is 22.3 Å². The van der Waals surface area contributed by atoms with Crippen LogP contribution >= 0.6 is 11.3 Å². The van der Waals surface area contributed by atoms with Crippen LogP contribution in [0.2, 0.25) is 0 Å². The highest BCUT2D eigenvalue weighted by atomic mass is 32.1. The average Bonchev–Trinajstić information content (AvgIpc) is 3.14. The van der Waals surface area contributed by atoms with Crippen molar-refractivity contribution in [3.8, 4) is 0 Å². The number of hydrogen-bond donors (Lipinski definition) is 1. The SMILES string of the molecule is O=C(CN1CCC[C@H](c2nc3ccccc3s2)C1)NCCc1ccccc1F. The van der Waals surface area contributed by atoms with E-state index in [0.29, 0.717) is 31.0 Å². The lowest BCUT2D eigenvalue weighted by molar-refractivity contribution is -0.122. The molecule has 0 aliphatic carbocycles. The van der Waals surface area contributed by atoms with Crippen LogP contribution in [0.3, 0.4) is 0 Å². The van der Waals surface area contributed by atoms with E-state index in [1.165, 1.54) is 15.8 Å². The fourth-order valence-corrected chi connectivity index (χ4v) is 4.86. The molecule has 1 aromatic heterocycles. The summed E-state index contributed by atoms with van der Waals surface area (Å²) in [5.74, 6) is 0.171. The summed E-state index contributed by atoms with van der Waals surface area (Å²) < 4.78 is 14.9. The van der Waals surface area contributed by atoms with Crippen LogP contribution in [-0.2, 0) is 11.2 Å². The minimum absolute atomic E-state index is 0.00119. The molecule has 0 spiro atoms. The van der Waals surface area contributed by atoms with Crippen LogP contribution < -0.4 is 5.32 Å². The molecule has 3 aromatic rings. The Balaban J connectivity index is 1.28. The number of piperidine rings is 1. The van der Waals surface area contributed by atoms with Gasteiger partial charge in [-0.1, -0.05) is 30.3 Å². The Morgan fingerprint density at radius 3 is 2.89 bits per heavy atom. The molecule has 4 nitrogen and oxygen atoms in total. The summed E-state index contributed by atoms with van der Waals surface area (Å²) in [4.78, 5) is 19.3. The first kappa shape index (κ1) is 19.0. The smallest absolute Gasteiger partial charge is 0.234 e. The van der Waals surface area contributed by atoms with Crippen molar-refractivity contribution < 1.29 is 9.18 Å². The van der Waals surface area contributed by atoms with Crippen molar-refractivity contribution in [1.29, 1.82) is 0 Å². The number of nitrogens with zero attached hydrogens (tertiary/aromatic N) is 2. The van der Waals surface area contributed by atoms with E-state index in [1.54, 1.807) is 23.5 Å². The zero-order valence-electron chi connectivity index (χ0n) is 15.7. The fourth-order valence-electron chi connectivity index (χ4n) is 3.76. The second-order valence-corrected chi connectivity index (χ2v) is 8.35. The minimum Gasteiger partial charge on any atom is -0.355 e. The third-order valence-electron chi connectivity index (χ3n) is 5.21.